The quantitative estimate of drug-likeness (QED) is 0.857. The van der Waals surface area contributed by atoms with Crippen molar-refractivity contribution in [2.75, 3.05) is 7.11 Å². The van der Waals surface area contributed by atoms with Gasteiger partial charge in [0, 0.05) is 11.8 Å². The molecule has 3 aliphatic rings. The number of hydrogen-bond acceptors (Lipinski definition) is 3. The van der Waals surface area contributed by atoms with E-state index in [-0.39, 0.29) is 11.2 Å². The molecule has 0 spiro atoms. The van der Waals surface area contributed by atoms with Crippen molar-refractivity contribution in [2.45, 2.75) is 51.4 Å². The molecule has 1 aromatic carbocycles. The highest BCUT2D eigenvalue weighted by Gasteiger charge is 2.54. The third-order valence-electron chi connectivity index (χ3n) is 6.73. The minimum absolute atomic E-state index is 0.0762. The molecule has 0 unspecified atom stereocenters. The van der Waals surface area contributed by atoms with Crippen LogP contribution in [0.15, 0.2) is 12.1 Å². The van der Waals surface area contributed by atoms with Gasteiger partial charge >= 0.3 is 0 Å². The van der Waals surface area contributed by atoms with E-state index in [2.05, 4.69) is 6.92 Å². The van der Waals surface area contributed by atoms with E-state index < -0.39 is 0 Å². The number of ether oxygens (including phenoxy) is 1. The fraction of sp³-hybridized carbons (Fsp3) is 0.632. The van der Waals surface area contributed by atoms with Crippen molar-refractivity contribution in [1.29, 1.82) is 0 Å². The van der Waals surface area contributed by atoms with Crippen LogP contribution < -0.4 is 4.74 Å². The molecule has 0 aromatic heterocycles. The molecule has 3 aliphatic carbocycles. The molecule has 118 valence electrons. The average Bonchev–Trinajstić information content (AvgIpc) is 2.82. The Balaban J connectivity index is 1.73. The van der Waals surface area contributed by atoms with Crippen molar-refractivity contribution in [2.24, 2.45) is 17.3 Å². The van der Waals surface area contributed by atoms with Gasteiger partial charge in [-0.1, -0.05) is 6.92 Å². The summed E-state index contributed by atoms with van der Waals surface area (Å²) in [6.45, 7) is 2.20. The van der Waals surface area contributed by atoms with Gasteiger partial charge in [-0.05, 0) is 73.1 Å². The lowest BCUT2D eigenvalue weighted by Gasteiger charge is -2.48. The molecule has 0 amide bonds. The number of benzene rings is 1. The number of rotatable bonds is 1. The number of Topliss-reactive ketones (excluding diaryl/α,β-unsaturated/α-hetero) is 1. The highest BCUT2D eigenvalue weighted by molar-refractivity contribution is 5.87. The zero-order valence-electron chi connectivity index (χ0n) is 13.4. The number of phenols is 1. The second-order valence-corrected chi connectivity index (χ2v) is 7.56. The predicted molar refractivity (Wildman–Crippen MR) is 84.3 cm³/mol. The average molecular weight is 300 g/mol. The van der Waals surface area contributed by atoms with Crippen LogP contribution in [0.2, 0.25) is 0 Å². The second-order valence-electron chi connectivity index (χ2n) is 7.56. The number of methoxy groups -OCH3 is 1. The predicted octanol–water partition coefficient (Wildman–Crippen LogP) is 3.83. The summed E-state index contributed by atoms with van der Waals surface area (Å²) in [5.74, 6) is 2.96. The molecule has 1 N–H and O–H groups in total. The molecule has 0 radical (unpaired) electrons. The molecule has 0 saturated heterocycles. The number of ketones is 1. The largest absolute Gasteiger partial charge is 0.504 e. The van der Waals surface area contributed by atoms with Gasteiger partial charge in [0.2, 0.25) is 0 Å². The van der Waals surface area contributed by atoms with E-state index >= 15 is 0 Å². The summed E-state index contributed by atoms with van der Waals surface area (Å²) in [4.78, 5) is 12.3. The normalized spacial score (nSPS) is 36.5. The van der Waals surface area contributed by atoms with Gasteiger partial charge in [-0.2, -0.15) is 0 Å². The number of hydrogen-bond donors (Lipinski definition) is 1. The first-order valence-electron chi connectivity index (χ1n) is 8.47. The Morgan fingerprint density at radius 2 is 2.05 bits per heavy atom. The summed E-state index contributed by atoms with van der Waals surface area (Å²) < 4.78 is 5.25. The monoisotopic (exact) mass is 300 g/mol. The summed E-state index contributed by atoms with van der Waals surface area (Å²) in [6, 6.07) is 3.93. The Morgan fingerprint density at radius 1 is 1.23 bits per heavy atom. The van der Waals surface area contributed by atoms with Gasteiger partial charge in [-0.3, -0.25) is 4.79 Å². The first-order chi connectivity index (χ1) is 10.5. The minimum atomic E-state index is -0.0762. The number of carbonyl (C=O) groups is 1. The van der Waals surface area contributed by atoms with Crippen LogP contribution in [0.5, 0.6) is 11.5 Å². The van der Waals surface area contributed by atoms with Crippen LogP contribution >= 0.6 is 0 Å². The van der Waals surface area contributed by atoms with Crippen molar-refractivity contribution in [3.8, 4) is 11.5 Å². The van der Waals surface area contributed by atoms with Gasteiger partial charge in [0.05, 0.1) is 7.11 Å². The first-order valence-corrected chi connectivity index (χ1v) is 8.47. The summed E-state index contributed by atoms with van der Waals surface area (Å²) >= 11 is 0. The lowest BCUT2D eigenvalue weighted by atomic mass is 9.55. The van der Waals surface area contributed by atoms with Crippen molar-refractivity contribution in [3.63, 3.8) is 0 Å². The maximum atomic E-state index is 12.3. The summed E-state index contributed by atoms with van der Waals surface area (Å²) in [5, 5.41) is 10.2. The Kier molecular flexibility index (Phi) is 3.04. The molecule has 0 heterocycles. The summed E-state index contributed by atoms with van der Waals surface area (Å²) in [7, 11) is 1.60. The number of aromatic hydroxyl groups is 1. The number of carbonyl (C=O) groups excluding carboxylic acids is 1. The molecule has 0 bridgehead atoms. The second kappa shape index (κ2) is 4.74. The first kappa shape index (κ1) is 14.1. The summed E-state index contributed by atoms with van der Waals surface area (Å²) in [6.07, 6.45) is 6.11. The van der Waals surface area contributed by atoms with E-state index in [0.29, 0.717) is 29.3 Å². The van der Waals surface area contributed by atoms with E-state index in [1.807, 2.05) is 12.1 Å². The molecule has 4 rings (SSSR count). The highest BCUT2D eigenvalue weighted by atomic mass is 16.5. The van der Waals surface area contributed by atoms with E-state index in [1.165, 1.54) is 17.5 Å². The van der Waals surface area contributed by atoms with Crippen LogP contribution in [0.3, 0.4) is 0 Å². The Morgan fingerprint density at radius 3 is 2.82 bits per heavy atom. The van der Waals surface area contributed by atoms with E-state index in [9.17, 15) is 9.90 Å². The van der Waals surface area contributed by atoms with Gasteiger partial charge in [0.1, 0.15) is 5.78 Å². The van der Waals surface area contributed by atoms with Crippen LogP contribution in [0, 0.1) is 17.3 Å². The Bertz CT molecular complexity index is 636. The number of fused-ring (bicyclic) bond motifs is 5. The zero-order chi connectivity index (χ0) is 15.5. The number of phenolic OH excluding ortho intramolecular Hbond substituents is 1. The number of aryl methyl sites for hydroxylation is 1. The SMILES string of the molecule is COc1cc2c(cc1O)[C@H]1CC[C@]3(C)C(=O)CC[C@@H]3[C@H]1CC2. The van der Waals surface area contributed by atoms with Crippen LogP contribution in [0.4, 0.5) is 0 Å². The molecule has 2 fully saturated rings. The topological polar surface area (TPSA) is 46.5 Å². The van der Waals surface area contributed by atoms with Crippen LogP contribution in [-0.4, -0.2) is 18.0 Å². The van der Waals surface area contributed by atoms with Crippen molar-refractivity contribution in [1.82, 2.24) is 0 Å². The molecule has 2 saturated carbocycles. The lowest BCUT2D eigenvalue weighted by molar-refractivity contribution is -0.129. The van der Waals surface area contributed by atoms with Gasteiger partial charge in [-0.25, -0.2) is 0 Å². The molecule has 3 heteroatoms. The Hall–Kier alpha value is -1.51. The fourth-order valence-corrected chi connectivity index (χ4v) is 5.52. The van der Waals surface area contributed by atoms with Gasteiger partial charge in [0.15, 0.2) is 11.5 Å². The molecular weight excluding hydrogens is 276 g/mol. The summed E-state index contributed by atoms with van der Waals surface area (Å²) in [5.41, 5.74) is 2.55. The third kappa shape index (κ3) is 1.77. The van der Waals surface area contributed by atoms with Gasteiger partial charge < -0.3 is 9.84 Å². The minimum Gasteiger partial charge on any atom is -0.504 e. The zero-order valence-corrected chi connectivity index (χ0v) is 13.4. The van der Waals surface area contributed by atoms with Crippen LogP contribution in [0.1, 0.15) is 56.1 Å². The Labute approximate surface area is 131 Å². The molecular formula is C19H24O3. The highest BCUT2D eigenvalue weighted by Crippen LogP contribution is 2.60. The van der Waals surface area contributed by atoms with Crippen molar-refractivity contribution >= 4 is 5.78 Å². The fourth-order valence-electron chi connectivity index (χ4n) is 5.52. The van der Waals surface area contributed by atoms with Gasteiger partial charge in [-0.15, -0.1) is 0 Å². The molecule has 1 aromatic rings. The molecule has 0 aliphatic heterocycles. The van der Waals surface area contributed by atoms with E-state index in [0.717, 1.165) is 32.1 Å². The van der Waals surface area contributed by atoms with Gasteiger partial charge in [0.25, 0.3) is 0 Å². The standard InChI is InChI=1S/C19H24O3/c1-19-8-7-12-13(15(19)5-6-18(19)21)4-3-11-9-17(22-2)16(20)10-14(11)12/h9-10,12-13,15,20H,3-8H2,1-2H3/t12-,13-,15+,19-/m0/s1. The molecule has 22 heavy (non-hydrogen) atoms. The van der Waals surface area contributed by atoms with Crippen molar-refractivity contribution < 1.29 is 14.6 Å². The third-order valence-corrected chi connectivity index (χ3v) is 6.73. The maximum Gasteiger partial charge on any atom is 0.160 e. The lowest BCUT2D eigenvalue weighted by Crippen LogP contribution is -2.42. The van der Waals surface area contributed by atoms with Crippen LogP contribution in [0.25, 0.3) is 0 Å². The molecule has 3 nitrogen and oxygen atoms in total. The maximum absolute atomic E-state index is 12.3. The van der Waals surface area contributed by atoms with E-state index in [4.69, 9.17) is 4.74 Å². The van der Waals surface area contributed by atoms with Crippen molar-refractivity contribution in [3.05, 3.63) is 23.3 Å². The van der Waals surface area contributed by atoms with Crippen LogP contribution in [-0.2, 0) is 11.2 Å². The van der Waals surface area contributed by atoms with E-state index in [1.54, 1.807) is 7.11 Å². The molecule has 4 atom stereocenters. The smallest absolute Gasteiger partial charge is 0.160 e.